The molecule has 0 aliphatic carbocycles. The number of aromatic nitrogens is 2. The van der Waals surface area contributed by atoms with Crippen LogP contribution in [0.2, 0.25) is 5.02 Å². The van der Waals surface area contributed by atoms with E-state index >= 15 is 0 Å². The van der Waals surface area contributed by atoms with E-state index in [1.807, 2.05) is 0 Å². The highest BCUT2D eigenvalue weighted by Crippen LogP contribution is 2.14. The molecular weight excluding hydrogens is 292 g/mol. The Balaban J connectivity index is 2.17. The Morgan fingerprint density at radius 2 is 2.20 bits per heavy atom. The van der Waals surface area contributed by atoms with Crippen LogP contribution in [0.15, 0.2) is 23.0 Å². The summed E-state index contributed by atoms with van der Waals surface area (Å²) in [5.41, 5.74) is 0.0318. The molecule has 0 radical (unpaired) electrons. The van der Waals surface area contributed by atoms with Gasteiger partial charge in [-0.2, -0.15) is 0 Å². The van der Waals surface area contributed by atoms with Crippen molar-refractivity contribution < 1.29 is 13.9 Å². The van der Waals surface area contributed by atoms with E-state index in [1.165, 1.54) is 6.07 Å². The maximum absolute atomic E-state index is 12.8. The Morgan fingerprint density at radius 3 is 2.90 bits per heavy atom. The van der Waals surface area contributed by atoms with Crippen LogP contribution in [0.5, 0.6) is 0 Å². The number of H-pyrrole nitrogens is 1. The molecule has 0 amide bonds. The van der Waals surface area contributed by atoms with Gasteiger partial charge < -0.3 is 15.4 Å². The average molecular weight is 304 g/mol. The molecule has 0 saturated heterocycles. The Hall–Kier alpha value is -1.57. The summed E-state index contributed by atoms with van der Waals surface area (Å²) in [7, 11) is 0. The van der Waals surface area contributed by atoms with E-state index in [-0.39, 0.29) is 17.9 Å². The Bertz CT molecular complexity index is 675. The summed E-state index contributed by atoms with van der Waals surface area (Å²) in [6.07, 6.45) is 0. The third-order valence-corrected chi connectivity index (χ3v) is 2.86. The lowest BCUT2D eigenvalue weighted by molar-refractivity contribution is -0.0478. The van der Waals surface area contributed by atoms with Gasteiger partial charge in [-0.05, 0) is 18.2 Å². The van der Waals surface area contributed by atoms with Crippen molar-refractivity contribution in [3.63, 3.8) is 0 Å². The minimum Gasteiger partial charge on any atom is -0.390 e. The van der Waals surface area contributed by atoms with Gasteiger partial charge in [0.25, 0.3) is 11.5 Å². The molecule has 0 bridgehead atoms. The molecule has 0 fully saturated rings. The van der Waals surface area contributed by atoms with Crippen LogP contribution in [-0.4, -0.2) is 34.1 Å². The van der Waals surface area contributed by atoms with Gasteiger partial charge in [-0.1, -0.05) is 11.6 Å². The van der Waals surface area contributed by atoms with Crippen molar-refractivity contribution in [2.75, 3.05) is 13.2 Å². The number of aliphatic hydroxyl groups excluding tert-OH is 1. The molecule has 1 aromatic carbocycles. The van der Waals surface area contributed by atoms with Gasteiger partial charge in [0, 0.05) is 5.02 Å². The minimum atomic E-state index is -3.21. The third kappa shape index (κ3) is 3.50. The number of nitrogens with zero attached hydrogens (tertiary/aromatic N) is 1. The van der Waals surface area contributed by atoms with Crippen LogP contribution >= 0.6 is 11.6 Å². The summed E-state index contributed by atoms with van der Waals surface area (Å²) >= 11 is 5.81. The molecular formula is C12H12ClF2N3O2. The number of nitrogens with one attached hydrogen (secondary N) is 2. The number of alkyl halides is 2. The maximum Gasteiger partial charge on any atom is 0.282 e. The fourth-order valence-electron chi connectivity index (χ4n) is 1.66. The minimum absolute atomic E-state index is 0.0483. The molecule has 1 aromatic heterocycles. The van der Waals surface area contributed by atoms with Gasteiger partial charge in [-0.25, -0.2) is 13.8 Å². The van der Waals surface area contributed by atoms with Crippen molar-refractivity contribution in [2.45, 2.75) is 12.5 Å². The molecule has 0 aliphatic heterocycles. The number of rotatable bonds is 5. The second-order valence-electron chi connectivity index (χ2n) is 4.29. The first kappa shape index (κ1) is 14.8. The van der Waals surface area contributed by atoms with Gasteiger partial charge >= 0.3 is 0 Å². The van der Waals surface area contributed by atoms with Gasteiger partial charge in [-0.15, -0.1) is 0 Å². The topological polar surface area (TPSA) is 78.0 Å². The Morgan fingerprint density at radius 1 is 1.45 bits per heavy atom. The van der Waals surface area contributed by atoms with Gasteiger partial charge in [-0.3, -0.25) is 4.79 Å². The number of hydrogen-bond acceptors (Lipinski definition) is 4. The second-order valence-corrected chi connectivity index (χ2v) is 4.73. The molecule has 0 saturated carbocycles. The van der Waals surface area contributed by atoms with Crippen molar-refractivity contribution >= 4 is 22.5 Å². The lowest BCUT2D eigenvalue weighted by atomic mass is 10.2. The smallest absolute Gasteiger partial charge is 0.282 e. The molecule has 0 unspecified atom stereocenters. The molecule has 0 aliphatic rings. The van der Waals surface area contributed by atoms with Crippen molar-refractivity contribution in [1.29, 1.82) is 0 Å². The van der Waals surface area contributed by atoms with Crippen molar-refractivity contribution in [1.82, 2.24) is 15.3 Å². The van der Waals surface area contributed by atoms with E-state index in [2.05, 4.69) is 15.3 Å². The van der Waals surface area contributed by atoms with Gasteiger partial charge in [0.1, 0.15) is 12.4 Å². The molecule has 2 aromatic rings. The fraction of sp³-hybridized carbons (Fsp3) is 0.333. The summed E-state index contributed by atoms with van der Waals surface area (Å²) in [6, 6.07) is 4.64. The zero-order valence-corrected chi connectivity index (χ0v) is 11.0. The quantitative estimate of drug-likeness (QED) is 0.778. The summed E-state index contributed by atoms with van der Waals surface area (Å²) in [5.74, 6) is -2.99. The first-order valence-electron chi connectivity index (χ1n) is 5.79. The predicted octanol–water partition coefficient (Wildman–Crippen LogP) is 1.29. The molecule has 8 heteroatoms. The summed E-state index contributed by atoms with van der Waals surface area (Å²) in [4.78, 5) is 18.4. The highest BCUT2D eigenvalue weighted by molar-refractivity contribution is 6.31. The third-order valence-electron chi connectivity index (χ3n) is 2.63. The largest absolute Gasteiger partial charge is 0.390 e. The lowest BCUT2D eigenvalue weighted by Gasteiger charge is -2.13. The lowest BCUT2D eigenvalue weighted by Crippen LogP contribution is -2.36. The fourth-order valence-corrected chi connectivity index (χ4v) is 1.83. The van der Waals surface area contributed by atoms with E-state index in [4.69, 9.17) is 16.7 Å². The van der Waals surface area contributed by atoms with Crippen LogP contribution in [0, 0.1) is 0 Å². The zero-order valence-electron chi connectivity index (χ0n) is 10.3. The molecule has 2 rings (SSSR count). The Kier molecular flexibility index (Phi) is 4.32. The number of halogens is 3. The molecule has 3 N–H and O–H groups in total. The van der Waals surface area contributed by atoms with Gasteiger partial charge in [0.05, 0.1) is 24.0 Å². The summed E-state index contributed by atoms with van der Waals surface area (Å²) in [5, 5.41) is 11.7. The van der Waals surface area contributed by atoms with Crippen LogP contribution < -0.4 is 10.9 Å². The highest BCUT2D eigenvalue weighted by atomic mass is 35.5. The van der Waals surface area contributed by atoms with Crippen molar-refractivity contribution in [3.05, 3.63) is 39.4 Å². The van der Waals surface area contributed by atoms with E-state index in [1.54, 1.807) is 12.1 Å². The zero-order chi connectivity index (χ0) is 14.8. The van der Waals surface area contributed by atoms with E-state index in [9.17, 15) is 13.6 Å². The van der Waals surface area contributed by atoms with Gasteiger partial charge in [0.2, 0.25) is 0 Å². The number of hydrogen-bond donors (Lipinski definition) is 3. The summed E-state index contributed by atoms with van der Waals surface area (Å²) < 4.78 is 25.6. The number of fused-ring (bicyclic) bond motifs is 1. The number of benzene rings is 1. The number of aromatic amines is 1. The van der Waals surface area contributed by atoms with E-state index < -0.39 is 19.1 Å². The Labute approximate surface area is 117 Å². The van der Waals surface area contributed by atoms with Crippen LogP contribution in [0.3, 0.4) is 0 Å². The molecule has 20 heavy (non-hydrogen) atoms. The van der Waals surface area contributed by atoms with Crippen LogP contribution in [0.25, 0.3) is 10.9 Å². The molecule has 5 nitrogen and oxygen atoms in total. The highest BCUT2D eigenvalue weighted by Gasteiger charge is 2.26. The van der Waals surface area contributed by atoms with Crippen LogP contribution in [0.4, 0.5) is 8.78 Å². The van der Waals surface area contributed by atoms with Crippen molar-refractivity contribution in [2.24, 2.45) is 0 Å². The average Bonchev–Trinajstić information content (AvgIpc) is 2.38. The SMILES string of the molecule is O=c1[nH]c(CNCC(F)(F)CO)nc2cc(Cl)ccc12. The molecule has 0 spiro atoms. The van der Waals surface area contributed by atoms with Crippen LogP contribution in [0.1, 0.15) is 5.82 Å². The van der Waals surface area contributed by atoms with Gasteiger partial charge in [0.15, 0.2) is 0 Å². The maximum atomic E-state index is 12.8. The summed E-state index contributed by atoms with van der Waals surface area (Å²) in [6.45, 7) is -1.99. The predicted molar refractivity (Wildman–Crippen MR) is 71.1 cm³/mol. The first-order chi connectivity index (χ1) is 9.41. The number of aliphatic hydroxyl groups is 1. The normalized spacial score (nSPS) is 12.0. The second kappa shape index (κ2) is 5.82. The molecule has 0 atom stereocenters. The monoisotopic (exact) mass is 303 g/mol. The standard InChI is InChI=1S/C12H12ClF2N3O2/c13-7-1-2-8-9(3-7)17-10(18-11(8)20)4-16-5-12(14,15)6-19/h1-3,16,19H,4-6H2,(H,17,18,20). The molecule has 1 heterocycles. The van der Waals surface area contributed by atoms with Crippen molar-refractivity contribution in [3.8, 4) is 0 Å². The van der Waals surface area contributed by atoms with E-state index in [0.29, 0.717) is 15.9 Å². The van der Waals surface area contributed by atoms with Crippen LogP contribution in [-0.2, 0) is 6.54 Å². The van der Waals surface area contributed by atoms with E-state index in [0.717, 1.165) is 0 Å². The molecule has 108 valence electrons. The first-order valence-corrected chi connectivity index (χ1v) is 6.17.